The Morgan fingerprint density at radius 3 is 2.79 bits per heavy atom. The van der Waals surface area contributed by atoms with E-state index < -0.39 is 0 Å². The summed E-state index contributed by atoms with van der Waals surface area (Å²) in [6, 6.07) is 6.39. The van der Waals surface area contributed by atoms with Crippen LogP contribution in [-0.4, -0.2) is 17.1 Å². The Hall–Kier alpha value is -1.51. The van der Waals surface area contributed by atoms with Crippen LogP contribution < -0.4 is 5.32 Å². The number of phenolic OH excluding ortho intramolecular Hbond substituents is 1. The van der Waals surface area contributed by atoms with Gasteiger partial charge in [-0.05, 0) is 91.4 Å². The molecule has 2 saturated carbocycles. The van der Waals surface area contributed by atoms with Gasteiger partial charge in [-0.25, -0.2) is 0 Å². The molecule has 5 atom stereocenters. The van der Waals surface area contributed by atoms with Crippen LogP contribution in [0.25, 0.3) is 0 Å². The van der Waals surface area contributed by atoms with Gasteiger partial charge in [0, 0.05) is 12.5 Å². The second kappa shape index (κ2) is 8.70. The van der Waals surface area contributed by atoms with Crippen LogP contribution in [0.1, 0.15) is 102 Å². The molecular weight excluding hydrogens is 358 g/mol. The molecule has 29 heavy (non-hydrogen) atoms. The lowest BCUT2D eigenvalue weighted by atomic mass is 9.55. The highest BCUT2D eigenvalue weighted by atomic mass is 16.3. The molecule has 2 N–H and O–H groups in total. The summed E-state index contributed by atoms with van der Waals surface area (Å²) in [5.41, 5.74) is 3.11. The van der Waals surface area contributed by atoms with Gasteiger partial charge < -0.3 is 10.4 Å². The highest BCUT2D eigenvalue weighted by Gasteiger charge is 2.55. The van der Waals surface area contributed by atoms with E-state index in [0.29, 0.717) is 24.1 Å². The molecule has 4 rings (SSSR count). The molecule has 160 valence electrons. The second-order valence-corrected chi connectivity index (χ2v) is 10.2. The van der Waals surface area contributed by atoms with Gasteiger partial charge in [-0.1, -0.05) is 45.6 Å². The van der Waals surface area contributed by atoms with Crippen molar-refractivity contribution in [3.05, 3.63) is 29.3 Å². The van der Waals surface area contributed by atoms with E-state index in [0.717, 1.165) is 31.1 Å². The van der Waals surface area contributed by atoms with Gasteiger partial charge in [-0.3, -0.25) is 4.79 Å². The van der Waals surface area contributed by atoms with Gasteiger partial charge >= 0.3 is 0 Å². The molecule has 0 heterocycles. The maximum atomic E-state index is 12.6. The Bertz CT molecular complexity index is 729. The molecule has 1 aromatic rings. The lowest BCUT2D eigenvalue weighted by Gasteiger charge is -2.51. The second-order valence-electron chi connectivity index (χ2n) is 10.2. The first-order chi connectivity index (χ1) is 14.0. The quantitative estimate of drug-likeness (QED) is 0.547. The average Bonchev–Trinajstić information content (AvgIpc) is 3.03. The number of carbonyl (C=O) groups excluding carboxylic acids is 1. The number of hydrogen-bond acceptors (Lipinski definition) is 2. The van der Waals surface area contributed by atoms with Gasteiger partial charge in [-0.15, -0.1) is 0 Å². The molecule has 0 aliphatic heterocycles. The van der Waals surface area contributed by atoms with Crippen molar-refractivity contribution in [3.8, 4) is 5.75 Å². The van der Waals surface area contributed by atoms with Crippen LogP contribution in [0.2, 0.25) is 0 Å². The van der Waals surface area contributed by atoms with E-state index in [2.05, 4.69) is 25.2 Å². The molecule has 2 fully saturated rings. The molecule has 3 heteroatoms. The highest BCUT2D eigenvalue weighted by molar-refractivity contribution is 5.76. The van der Waals surface area contributed by atoms with Crippen molar-refractivity contribution in [3.63, 3.8) is 0 Å². The summed E-state index contributed by atoms with van der Waals surface area (Å²) in [5.74, 6) is 2.78. The topological polar surface area (TPSA) is 49.3 Å². The number of rotatable bonds is 7. The predicted molar refractivity (Wildman–Crippen MR) is 118 cm³/mol. The van der Waals surface area contributed by atoms with Gasteiger partial charge in [0.15, 0.2) is 0 Å². The molecule has 0 unspecified atom stereocenters. The van der Waals surface area contributed by atoms with E-state index >= 15 is 0 Å². The third-order valence-electron chi connectivity index (χ3n) is 8.55. The minimum Gasteiger partial charge on any atom is -0.508 e. The summed E-state index contributed by atoms with van der Waals surface area (Å²) >= 11 is 0. The first-order valence-electron chi connectivity index (χ1n) is 12.1. The monoisotopic (exact) mass is 397 g/mol. The Kier molecular flexibility index (Phi) is 6.22. The lowest BCUT2D eigenvalue weighted by molar-refractivity contribution is -0.123. The zero-order valence-electron chi connectivity index (χ0n) is 18.4. The number of nitrogens with one attached hydrogen (secondary N) is 1. The molecule has 0 spiro atoms. The summed E-state index contributed by atoms with van der Waals surface area (Å²) in [5, 5.41) is 13.3. The molecule has 0 aromatic heterocycles. The van der Waals surface area contributed by atoms with Crippen molar-refractivity contribution >= 4 is 5.91 Å². The SMILES string of the molecule is CCCCCCCC(=O)N[C@H]1CC[C@H]2[C@@H]3CCc4cc(O)ccc4[C@H]3CC[C@]12C. The minimum atomic E-state index is 0.257. The molecule has 0 saturated heterocycles. The Morgan fingerprint density at radius 1 is 1.14 bits per heavy atom. The third-order valence-corrected chi connectivity index (χ3v) is 8.55. The van der Waals surface area contributed by atoms with Crippen LogP contribution >= 0.6 is 0 Å². The minimum absolute atomic E-state index is 0.257. The number of hydrogen-bond donors (Lipinski definition) is 2. The zero-order valence-corrected chi connectivity index (χ0v) is 18.4. The fourth-order valence-electron chi connectivity index (χ4n) is 6.96. The average molecular weight is 398 g/mol. The summed E-state index contributed by atoms with van der Waals surface area (Å²) in [6.07, 6.45) is 13.9. The Balaban J connectivity index is 1.38. The van der Waals surface area contributed by atoms with Crippen molar-refractivity contribution in [2.24, 2.45) is 17.3 Å². The summed E-state index contributed by atoms with van der Waals surface area (Å²) in [6.45, 7) is 4.69. The van der Waals surface area contributed by atoms with Gasteiger partial charge in [-0.2, -0.15) is 0 Å². The summed E-state index contributed by atoms with van der Waals surface area (Å²) in [4.78, 5) is 12.6. The number of phenols is 1. The predicted octanol–water partition coefficient (Wildman–Crippen LogP) is 6.09. The van der Waals surface area contributed by atoms with E-state index in [1.54, 1.807) is 0 Å². The Morgan fingerprint density at radius 2 is 1.97 bits per heavy atom. The summed E-state index contributed by atoms with van der Waals surface area (Å²) in [7, 11) is 0. The number of aryl methyl sites for hydroxylation is 1. The number of unbranched alkanes of at least 4 members (excludes halogenated alkanes) is 4. The van der Waals surface area contributed by atoms with Crippen LogP contribution in [0, 0.1) is 17.3 Å². The van der Waals surface area contributed by atoms with Crippen molar-refractivity contribution in [1.29, 1.82) is 0 Å². The van der Waals surface area contributed by atoms with Gasteiger partial charge in [0.2, 0.25) is 5.91 Å². The van der Waals surface area contributed by atoms with Crippen LogP contribution in [0.5, 0.6) is 5.75 Å². The van der Waals surface area contributed by atoms with Crippen LogP contribution in [0.15, 0.2) is 18.2 Å². The molecular formula is C26H39NO2. The van der Waals surface area contributed by atoms with Crippen LogP contribution in [-0.2, 0) is 11.2 Å². The molecule has 3 aliphatic rings. The van der Waals surface area contributed by atoms with Gasteiger partial charge in [0.1, 0.15) is 5.75 Å². The van der Waals surface area contributed by atoms with E-state index in [-0.39, 0.29) is 11.3 Å². The largest absolute Gasteiger partial charge is 0.508 e. The first kappa shape index (κ1) is 20.8. The normalized spacial score (nSPS) is 32.9. The maximum absolute atomic E-state index is 12.6. The summed E-state index contributed by atoms with van der Waals surface area (Å²) < 4.78 is 0. The molecule has 3 nitrogen and oxygen atoms in total. The van der Waals surface area contributed by atoms with Crippen molar-refractivity contribution in [2.45, 2.75) is 103 Å². The molecule has 0 bridgehead atoms. The van der Waals surface area contributed by atoms with Crippen LogP contribution in [0.4, 0.5) is 0 Å². The van der Waals surface area contributed by atoms with Gasteiger partial charge in [0.05, 0.1) is 0 Å². The number of amides is 1. The fourth-order valence-corrected chi connectivity index (χ4v) is 6.96. The van der Waals surface area contributed by atoms with Crippen molar-refractivity contribution in [1.82, 2.24) is 5.32 Å². The molecule has 3 aliphatic carbocycles. The van der Waals surface area contributed by atoms with E-state index in [9.17, 15) is 9.90 Å². The Labute approximate surface area is 176 Å². The fraction of sp³-hybridized carbons (Fsp3) is 0.731. The highest BCUT2D eigenvalue weighted by Crippen LogP contribution is 2.60. The number of fused-ring (bicyclic) bond motifs is 5. The van der Waals surface area contributed by atoms with E-state index in [1.165, 1.54) is 62.5 Å². The first-order valence-corrected chi connectivity index (χ1v) is 12.1. The maximum Gasteiger partial charge on any atom is 0.220 e. The van der Waals surface area contributed by atoms with Crippen LogP contribution in [0.3, 0.4) is 0 Å². The lowest BCUT2D eigenvalue weighted by Crippen LogP contribution is -2.50. The zero-order chi connectivity index (χ0) is 20.4. The van der Waals surface area contributed by atoms with Gasteiger partial charge in [0.25, 0.3) is 0 Å². The van der Waals surface area contributed by atoms with Crippen molar-refractivity contribution < 1.29 is 9.90 Å². The van der Waals surface area contributed by atoms with E-state index in [4.69, 9.17) is 0 Å². The number of aromatic hydroxyl groups is 1. The third kappa shape index (κ3) is 4.07. The van der Waals surface area contributed by atoms with E-state index in [1.807, 2.05) is 12.1 Å². The molecule has 1 aromatic carbocycles. The number of benzene rings is 1. The standard InChI is InChI=1S/C26H39NO2/c1-3-4-5-6-7-8-25(29)27-24-14-13-23-22-11-9-18-17-19(28)10-12-20(18)21(22)15-16-26(23,24)2/h10,12,17,21-24,28H,3-9,11,13-16H2,1-2H3,(H,27,29)/t21-,22-,23+,24+,26+/m1/s1. The smallest absolute Gasteiger partial charge is 0.220 e. The number of carbonyl (C=O) groups is 1. The molecule has 0 radical (unpaired) electrons. The van der Waals surface area contributed by atoms with Crippen molar-refractivity contribution in [2.75, 3.05) is 0 Å². The molecule has 1 amide bonds.